The molecular weight excluding hydrogens is 243 g/mol. The van der Waals surface area contributed by atoms with Crippen LogP contribution in [-0.4, -0.2) is 6.03 Å². The Morgan fingerprint density at radius 3 is 2.26 bits per heavy atom. The van der Waals surface area contributed by atoms with E-state index < -0.39 is 11.8 Å². The van der Waals surface area contributed by atoms with Crippen LogP contribution < -0.4 is 10.6 Å². The van der Waals surface area contributed by atoms with Gasteiger partial charge in [0.15, 0.2) is 0 Å². The van der Waals surface area contributed by atoms with E-state index in [1.807, 2.05) is 31.2 Å². The monoisotopic (exact) mass is 258 g/mol. The van der Waals surface area contributed by atoms with Crippen molar-refractivity contribution in [2.24, 2.45) is 0 Å². The van der Waals surface area contributed by atoms with Crippen LogP contribution >= 0.6 is 0 Å². The minimum Gasteiger partial charge on any atom is -0.307 e. The second kappa shape index (κ2) is 6.00. The molecule has 3 nitrogen and oxygen atoms in total. The lowest BCUT2D eigenvalue weighted by Gasteiger charge is -2.11. The zero-order chi connectivity index (χ0) is 13.7. The van der Waals surface area contributed by atoms with Crippen molar-refractivity contribution in [3.05, 3.63) is 59.9 Å². The fourth-order valence-corrected chi connectivity index (χ4v) is 1.79. The second-order valence-electron chi connectivity index (χ2n) is 4.07. The van der Waals surface area contributed by atoms with Gasteiger partial charge in [-0.1, -0.05) is 37.3 Å². The summed E-state index contributed by atoms with van der Waals surface area (Å²) in [5.41, 5.74) is 1.93. The number of anilines is 2. The third-order valence-corrected chi connectivity index (χ3v) is 2.77. The van der Waals surface area contributed by atoms with Gasteiger partial charge in [-0.15, -0.1) is 0 Å². The van der Waals surface area contributed by atoms with E-state index in [2.05, 4.69) is 10.6 Å². The van der Waals surface area contributed by atoms with Gasteiger partial charge in [-0.05, 0) is 30.2 Å². The number of hydrogen-bond donors (Lipinski definition) is 2. The van der Waals surface area contributed by atoms with Crippen molar-refractivity contribution in [3.8, 4) is 0 Å². The van der Waals surface area contributed by atoms with Gasteiger partial charge in [0.2, 0.25) is 0 Å². The van der Waals surface area contributed by atoms with Crippen LogP contribution in [0.15, 0.2) is 48.5 Å². The van der Waals surface area contributed by atoms with Crippen LogP contribution in [-0.2, 0) is 6.42 Å². The zero-order valence-electron chi connectivity index (χ0n) is 10.6. The molecule has 0 atom stereocenters. The van der Waals surface area contributed by atoms with Crippen molar-refractivity contribution in [3.63, 3.8) is 0 Å². The highest BCUT2D eigenvalue weighted by Gasteiger charge is 2.07. The van der Waals surface area contributed by atoms with Crippen molar-refractivity contribution in [1.82, 2.24) is 0 Å². The third-order valence-electron chi connectivity index (χ3n) is 2.77. The van der Waals surface area contributed by atoms with Crippen molar-refractivity contribution in [1.29, 1.82) is 0 Å². The second-order valence-corrected chi connectivity index (χ2v) is 4.07. The van der Waals surface area contributed by atoms with Gasteiger partial charge in [0, 0.05) is 5.69 Å². The maximum Gasteiger partial charge on any atom is 0.323 e. The highest BCUT2D eigenvalue weighted by Crippen LogP contribution is 2.17. The average Bonchev–Trinajstić information content (AvgIpc) is 2.42. The van der Waals surface area contributed by atoms with E-state index in [1.54, 1.807) is 12.1 Å². The Labute approximate surface area is 111 Å². The number of carbonyl (C=O) groups is 1. The van der Waals surface area contributed by atoms with E-state index in [4.69, 9.17) is 0 Å². The SMILES string of the molecule is CCc1ccccc1NC(=O)Nc1ccccc1F. The van der Waals surface area contributed by atoms with E-state index in [0.717, 1.165) is 17.7 Å². The van der Waals surface area contributed by atoms with Crippen molar-refractivity contribution in [2.75, 3.05) is 10.6 Å². The molecule has 2 N–H and O–H groups in total. The first-order valence-electron chi connectivity index (χ1n) is 6.11. The quantitative estimate of drug-likeness (QED) is 0.857. The van der Waals surface area contributed by atoms with Crippen LogP contribution in [0, 0.1) is 5.82 Å². The van der Waals surface area contributed by atoms with E-state index >= 15 is 0 Å². The number of hydrogen-bond acceptors (Lipinski definition) is 1. The molecule has 0 bridgehead atoms. The van der Waals surface area contributed by atoms with Crippen LogP contribution in [0.4, 0.5) is 20.6 Å². The van der Waals surface area contributed by atoms with E-state index in [-0.39, 0.29) is 5.69 Å². The smallest absolute Gasteiger partial charge is 0.307 e. The van der Waals surface area contributed by atoms with Crippen LogP contribution in [0.5, 0.6) is 0 Å². The molecule has 19 heavy (non-hydrogen) atoms. The van der Waals surface area contributed by atoms with Gasteiger partial charge in [-0.2, -0.15) is 0 Å². The number of urea groups is 1. The van der Waals surface area contributed by atoms with Crippen molar-refractivity contribution < 1.29 is 9.18 Å². The molecule has 0 aromatic heterocycles. The minimum atomic E-state index is -0.457. The van der Waals surface area contributed by atoms with E-state index in [1.165, 1.54) is 12.1 Å². The summed E-state index contributed by atoms with van der Waals surface area (Å²) in [6.07, 6.45) is 0.816. The number of para-hydroxylation sites is 2. The van der Waals surface area contributed by atoms with Crippen LogP contribution in [0.1, 0.15) is 12.5 Å². The molecule has 0 aliphatic carbocycles. The molecule has 2 aromatic carbocycles. The lowest BCUT2D eigenvalue weighted by molar-refractivity contribution is 0.262. The first-order chi connectivity index (χ1) is 9.20. The van der Waals surface area contributed by atoms with Gasteiger partial charge < -0.3 is 10.6 Å². The average molecular weight is 258 g/mol. The topological polar surface area (TPSA) is 41.1 Å². The number of halogens is 1. The minimum absolute atomic E-state index is 0.161. The molecule has 0 unspecified atom stereocenters. The van der Waals surface area contributed by atoms with Gasteiger partial charge in [-0.25, -0.2) is 9.18 Å². The predicted molar refractivity (Wildman–Crippen MR) is 74.9 cm³/mol. The maximum absolute atomic E-state index is 13.4. The lowest BCUT2D eigenvalue weighted by atomic mass is 10.1. The van der Waals surface area contributed by atoms with Crippen molar-refractivity contribution >= 4 is 17.4 Å². The number of aryl methyl sites for hydroxylation is 1. The van der Waals surface area contributed by atoms with Crippen LogP contribution in [0.2, 0.25) is 0 Å². The molecule has 0 saturated heterocycles. The first kappa shape index (κ1) is 13.1. The molecular formula is C15H15FN2O. The molecule has 0 fully saturated rings. The summed E-state index contributed by atoms with van der Waals surface area (Å²) < 4.78 is 13.4. The van der Waals surface area contributed by atoms with Crippen molar-refractivity contribution in [2.45, 2.75) is 13.3 Å². The number of amides is 2. The number of carbonyl (C=O) groups excluding carboxylic acids is 1. The first-order valence-corrected chi connectivity index (χ1v) is 6.11. The highest BCUT2D eigenvalue weighted by molar-refractivity contribution is 6.00. The molecule has 2 aromatic rings. The molecule has 2 rings (SSSR count). The number of benzene rings is 2. The summed E-state index contributed by atoms with van der Waals surface area (Å²) in [7, 11) is 0. The highest BCUT2D eigenvalue weighted by atomic mass is 19.1. The summed E-state index contributed by atoms with van der Waals surface area (Å²) in [4.78, 5) is 11.8. The van der Waals surface area contributed by atoms with Crippen LogP contribution in [0.25, 0.3) is 0 Å². The fraction of sp³-hybridized carbons (Fsp3) is 0.133. The van der Waals surface area contributed by atoms with Gasteiger partial charge in [0.25, 0.3) is 0 Å². The Balaban J connectivity index is 2.08. The van der Waals surface area contributed by atoms with Gasteiger partial charge in [0.1, 0.15) is 5.82 Å². The Hall–Kier alpha value is -2.36. The summed E-state index contributed by atoms with van der Waals surface area (Å²) in [6, 6.07) is 13.1. The normalized spacial score (nSPS) is 10.0. The Bertz CT molecular complexity index is 584. The summed E-state index contributed by atoms with van der Waals surface area (Å²) in [5.74, 6) is -0.457. The summed E-state index contributed by atoms with van der Waals surface area (Å²) in [6.45, 7) is 2.01. The largest absolute Gasteiger partial charge is 0.323 e. The van der Waals surface area contributed by atoms with Crippen LogP contribution in [0.3, 0.4) is 0 Å². The third kappa shape index (κ3) is 3.31. The molecule has 2 amide bonds. The molecule has 98 valence electrons. The molecule has 0 aliphatic heterocycles. The van der Waals surface area contributed by atoms with Gasteiger partial charge in [0.05, 0.1) is 5.69 Å². The van der Waals surface area contributed by atoms with Gasteiger partial charge >= 0.3 is 6.03 Å². The maximum atomic E-state index is 13.4. The summed E-state index contributed by atoms with van der Waals surface area (Å²) in [5, 5.41) is 5.21. The lowest BCUT2D eigenvalue weighted by Crippen LogP contribution is -2.20. The standard InChI is InChI=1S/C15H15FN2O/c1-2-11-7-3-5-9-13(11)17-15(19)18-14-10-6-4-8-12(14)16/h3-10H,2H2,1H3,(H2,17,18,19). The summed E-state index contributed by atoms with van der Waals surface area (Å²) >= 11 is 0. The molecule has 0 aliphatic rings. The molecule has 4 heteroatoms. The van der Waals surface area contributed by atoms with Gasteiger partial charge in [-0.3, -0.25) is 0 Å². The molecule has 0 spiro atoms. The number of nitrogens with one attached hydrogen (secondary N) is 2. The fourth-order valence-electron chi connectivity index (χ4n) is 1.79. The molecule has 0 radical (unpaired) electrons. The Kier molecular flexibility index (Phi) is 4.13. The zero-order valence-corrected chi connectivity index (χ0v) is 10.6. The molecule has 0 heterocycles. The van der Waals surface area contributed by atoms with E-state index in [0.29, 0.717) is 0 Å². The van der Waals surface area contributed by atoms with E-state index in [9.17, 15) is 9.18 Å². The Morgan fingerprint density at radius 2 is 1.58 bits per heavy atom. The Morgan fingerprint density at radius 1 is 1.00 bits per heavy atom. The number of rotatable bonds is 3. The molecule has 0 saturated carbocycles. The predicted octanol–water partition coefficient (Wildman–Crippen LogP) is 4.03.